The van der Waals surface area contributed by atoms with Crippen molar-refractivity contribution in [1.29, 1.82) is 0 Å². The maximum Gasteiger partial charge on any atom is 0.573 e. The second-order valence-electron chi connectivity index (χ2n) is 4.37. The van der Waals surface area contributed by atoms with Gasteiger partial charge in [-0.3, -0.25) is 14.9 Å². The molecule has 21 heavy (non-hydrogen) atoms. The molecule has 0 bridgehead atoms. The summed E-state index contributed by atoms with van der Waals surface area (Å²) in [4.78, 5) is 35.0. The minimum atomic E-state index is -4.88. The van der Waals surface area contributed by atoms with Crippen molar-refractivity contribution < 1.29 is 32.3 Å². The molecular weight excluding hydrogens is 295 g/mol. The second kappa shape index (κ2) is 3.87. The fourth-order valence-electron chi connectivity index (χ4n) is 2.29. The Morgan fingerprint density at radius 1 is 1.05 bits per heavy atom. The molecule has 2 aliphatic heterocycles. The Labute approximate surface area is 114 Å². The second-order valence-corrected chi connectivity index (χ2v) is 4.37. The molecule has 1 aromatic carbocycles. The fraction of sp³-hybridized carbons (Fsp3) is 0.182. The monoisotopic (exact) mass is 301 g/mol. The first-order valence-electron chi connectivity index (χ1n) is 5.58. The lowest BCUT2D eigenvalue weighted by molar-refractivity contribution is -0.274. The van der Waals surface area contributed by atoms with Crippen LogP contribution in [0, 0.1) is 0 Å². The topological polar surface area (TPSA) is 96.5 Å². The molecule has 1 aromatic rings. The van der Waals surface area contributed by atoms with Gasteiger partial charge in [-0.1, -0.05) is 0 Å². The number of hydrogen-bond donors (Lipinski definition) is 3. The largest absolute Gasteiger partial charge is 0.573 e. The number of imide groups is 1. The molecule has 1 saturated heterocycles. The minimum absolute atomic E-state index is 0.0425. The van der Waals surface area contributed by atoms with Crippen molar-refractivity contribution in [1.82, 2.24) is 10.6 Å². The van der Waals surface area contributed by atoms with Gasteiger partial charge >= 0.3 is 12.4 Å². The van der Waals surface area contributed by atoms with Gasteiger partial charge in [0.1, 0.15) is 5.75 Å². The van der Waals surface area contributed by atoms with Crippen LogP contribution in [0.1, 0.15) is 5.56 Å². The Morgan fingerprint density at radius 2 is 1.71 bits per heavy atom. The summed E-state index contributed by atoms with van der Waals surface area (Å²) in [5.41, 5.74) is -1.95. The highest BCUT2D eigenvalue weighted by molar-refractivity contribution is 6.27. The molecule has 110 valence electrons. The molecule has 4 amide bonds. The van der Waals surface area contributed by atoms with Crippen molar-refractivity contribution in [3.8, 4) is 5.75 Å². The van der Waals surface area contributed by atoms with Crippen LogP contribution in [0.25, 0.3) is 0 Å². The molecule has 2 aliphatic rings. The van der Waals surface area contributed by atoms with E-state index in [1.807, 2.05) is 5.32 Å². The van der Waals surface area contributed by atoms with E-state index in [9.17, 15) is 27.6 Å². The molecule has 0 radical (unpaired) electrons. The molecule has 10 heteroatoms. The molecule has 0 aromatic heterocycles. The number of carbonyl (C=O) groups excluding carboxylic acids is 3. The lowest BCUT2D eigenvalue weighted by Crippen LogP contribution is -2.49. The Morgan fingerprint density at radius 3 is 2.29 bits per heavy atom. The molecule has 1 atom stereocenters. The van der Waals surface area contributed by atoms with Crippen LogP contribution in [0.2, 0.25) is 0 Å². The Balaban J connectivity index is 2.04. The number of rotatable bonds is 1. The molecule has 2 heterocycles. The van der Waals surface area contributed by atoms with Gasteiger partial charge in [0, 0.05) is 11.6 Å². The van der Waals surface area contributed by atoms with Crippen LogP contribution in [-0.2, 0) is 15.1 Å². The summed E-state index contributed by atoms with van der Waals surface area (Å²) in [6, 6.07) is 2.12. The molecule has 1 unspecified atom stereocenters. The van der Waals surface area contributed by atoms with E-state index in [1.165, 1.54) is 0 Å². The zero-order chi connectivity index (χ0) is 15.4. The molecule has 0 saturated carbocycles. The number of alkyl halides is 3. The van der Waals surface area contributed by atoms with Crippen molar-refractivity contribution in [3.05, 3.63) is 23.8 Å². The van der Waals surface area contributed by atoms with E-state index >= 15 is 0 Å². The number of hydrogen-bond acceptors (Lipinski definition) is 4. The molecule has 1 fully saturated rings. The molecule has 3 rings (SSSR count). The Bertz CT molecular complexity index is 688. The summed E-state index contributed by atoms with van der Waals surface area (Å²) in [7, 11) is 0. The number of benzene rings is 1. The number of ether oxygens (including phenoxy) is 1. The first-order valence-corrected chi connectivity index (χ1v) is 5.58. The predicted molar refractivity (Wildman–Crippen MR) is 60.1 cm³/mol. The molecule has 3 N–H and O–H groups in total. The number of amides is 4. The van der Waals surface area contributed by atoms with Gasteiger partial charge in [-0.25, -0.2) is 4.79 Å². The van der Waals surface area contributed by atoms with Gasteiger partial charge in [0.05, 0.1) is 5.69 Å². The third-order valence-corrected chi connectivity index (χ3v) is 3.09. The van der Waals surface area contributed by atoms with Crippen molar-refractivity contribution in [2.24, 2.45) is 0 Å². The average Bonchev–Trinajstić information content (AvgIpc) is 2.77. The summed E-state index contributed by atoms with van der Waals surface area (Å²) in [5.74, 6) is -2.30. The zero-order valence-corrected chi connectivity index (χ0v) is 10.00. The number of nitrogens with one attached hydrogen (secondary N) is 3. The predicted octanol–water partition coefficient (Wildman–Crippen LogP) is 0.572. The quantitative estimate of drug-likeness (QED) is 0.522. The van der Waals surface area contributed by atoms with Crippen molar-refractivity contribution in [2.75, 3.05) is 5.32 Å². The van der Waals surface area contributed by atoms with Crippen LogP contribution in [0.4, 0.5) is 23.7 Å². The third-order valence-electron chi connectivity index (χ3n) is 3.09. The van der Waals surface area contributed by atoms with E-state index < -0.39 is 35.5 Å². The van der Waals surface area contributed by atoms with E-state index in [0.29, 0.717) is 0 Å². The smallest absolute Gasteiger partial charge is 0.406 e. The van der Waals surface area contributed by atoms with Gasteiger partial charge in [0.2, 0.25) is 5.54 Å². The average molecular weight is 301 g/mol. The zero-order valence-electron chi connectivity index (χ0n) is 10.00. The van der Waals surface area contributed by atoms with E-state index in [2.05, 4.69) is 15.4 Å². The standard InChI is InChI=1S/C11H6F3N3O4/c12-11(13,14)21-4-1-2-5-6(3-4)15-7(18)10(5)8(19)16-9(20)17-10/h1-3H,(H,15,18)(H2,16,17,19,20). The van der Waals surface area contributed by atoms with Crippen LogP contribution < -0.4 is 20.7 Å². The van der Waals surface area contributed by atoms with Gasteiger partial charge in [-0.15, -0.1) is 13.2 Å². The van der Waals surface area contributed by atoms with E-state index in [1.54, 1.807) is 0 Å². The lowest BCUT2D eigenvalue weighted by Gasteiger charge is -2.17. The number of carbonyl (C=O) groups is 3. The fourth-order valence-corrected chi connectivity index (χ4v) is 2.29. The maximum absolute atomic E-state index is 12.1. The van der Waals surface area contributed by atoms with E-state index in [4.69, 9.17) is 0 Å². The summed E-state index contributed by atoms with van der Waals surface area (Å²) in [6.07, 6.45) is -4.88. The van der Waals surface area contributed by atoms with E-state index in [-0.39, 0.29) is 11.3 Å². The van der Waals surface area contributed by atoms with Gasteiger partial charge in [-0.05, 0) is 12.1 Å². The summed E-state index contributed by atoms with van der Waals surface area (Å²) in [6.45, 7) is 0. The van der Waals surface area contributed by atoms with Crippen LogP contribution in [-0.4, -0.2) is 24.2 Å². The molecule has 1 spiro atoms. The van der Waals surface area contributed by atoms with E-state index in [0.717, 1.165) is 18.2 Å². The molecule has 0 aliphatic carbocycles. The number of fused-ring (bicyclic) bond motifs is 2. The molecular formula is C11H6F3N3O4. The van der Waals surface area contributed by atoms with Crippen LogP contribution in [0.15, 0.2) is 18.2 Å². The maximum atomic E-state index is 12.1. The highest BCUT2D eigenvalue weighted by Gasteiger charge is 2.58. The van der Waals surface area contributed by atoms with Crippen LogP contribution >= 0.6 is 0 Å². The van der Waals surface area contributed by atoms with Crippen LogP contribution in [0.5, 0.6) is 5.75 Å². The van der Waals surface area contributed by atoms with Crippen molar-refractivity contribution in [2.45, 2.75) is 11.9 Å². The number of urea groups is 1. The normalized spacial score (nSPS) is 23.7. The van der Waals surface area contributed by atoms with Crippen molar-refractivity contribution >= 4 is 23.5 Å². The third kappa shape index (κ3) is 1.87. The number of halogens is 3. The van der Waals surface area contributed by atoms with Gasteiger partial charge < -0.3 is 15.4 Å². The summed E-state index contributed by atoms with van der Waals surface area (Å²) in [5, 5.41) is 6.34. The van der Waals surface area contributed by atoms with Gasteiger partial charge in [-0.2, -0.15) is 0 Å². The number of anilines is 1. The SMILES string of the molecule is O=C1NC(=O)C2(N1)C(=O)Nc1cc(OC(F)(F)F)ccc12. The minimum Gasteiger partial charge on any atom is -0.406 e. The summed E-state index contributed by atoms with van der Waals surface area (Å²) >= 11 is 0. The first-order chi connectivity index (χ1) is 9.72. The lowest BCUT2D eigenvalue weighted by atomic mass is 9.91. The molecule has 7 nitrogen and oxygen atoms in total. The highest BCUT2D eigenvalue weighted by Crippen LogP contribution is 2.40. The van der Waals surface area contributed by atoms with Gasteiger partial charge in [0.15, 0.2) is 0 Å². The Hall–Kier alpha value is -2.78. The Kier molecular flexibility index (Phi) is 2.43. The first kappa shape index (κ1) is 13.2. The highest BCUT2D eigenvalue weighted by atomic mass is 19.4. The van der Waals surface area contributed by atoms with Crippen LogP contribution in [0.3, 0.4) is 0 Å². The van der Waals surface area contributed by atoms with Gasteiger partial charge in [0.25, 0.3) is 11.8 Å². The van der Waals surface area contributed by atoms with Crippen molar-refractivity contribution in [3.63, 3.8) is 0 Å². The summed E-state index contributed by atoms with van der Waals surface area (Å²) < 4.78 is 40.2.